The van der Waals surface area contributed by atoms with Gasteiger partial charge in [0, 0.05) is 13.8 Å². The van der Waals surface area contributed by atoms with Gasteiger partial charge in [-0.3, -0.25) is 9.59 Å². The van der Waals surface area contributed by atoms with Crippen LogP contribution in [0, 0.1) is 0 Å². The first kappa shape index (κ1) is 45.4. The molecule has 0 unspecified atom stereocenters. The van der Waals surface area contributed by atoms with Gasteiger partial charge in [0.05, 0.1) is 46.8 Å². The summed E-state index contributed by atoms with van der Waals surface area (Å²) in [6, 6.07) is 45.9. The van der Waals surface area contributed by atoms with E-state index in [0.29, 0.717) is 18.1 Å². The van der Waals surface area contributed by atoms with Gasteiger partial charge in [0.15, 0.2) is 24.6 Å². The van der Waals surface area contributed by atoms with Crippen LogP contribution in [0.4, 0.5) is 0 Å². The van der Waals surface area contributed by atoms with E-state index < -0.39 is 67.2 Å². The van der Waals surface area contributed by atoms with Gasteiger partial charge in [0.2, 0.25) is 6.29 Å². The zero-order valence-corrected chi connectivity index (χ0v) is 35.6. The quantitative estimate of drug-likeness (QED) is 0.0722. The van der Waals surface area contributed by atoms with E-state index in [9.17, 15) is 9.59 Å². The monoisotopic (exact) mass is 862 g/mol. The van der Waals surface area contributed by atoms with Crippen molar-refractivity contribution in [1.29, 1.82) is 0 Å². The molecule has 0 aromatic heterocycles. The van der Waals surface area contributed by atoms with Gasteiger partial charge in [-0.15, -0.1) is 0 Å². The van der Waals surface area contributed by atoms with E-state index in [1.807, 2.05) is 121 Å². The lowest BCUT2D eigenvalue weighted by atomic mass is 9.97. The topological polar surface area (TPSA) is 136 Å². The average Bonchev–Trinajstić information content (AvgIpc) is 3.31. The minimum atomic E-state index is -1.19. The Balaban J connectivity index is 1.18. The van der Waals surface area contributed by atoms with Crippen molar-refractivity contribution in [3.05, 3.63) is 168 Å². The van der Waals surface area contributed by atoms with Crippen molar-refractivity contribution in [2.24, 2.45) is 0 Å². The first-order valence-electron chi connectivity index (χ1n) is 21.0. The molecule has 0 saturated carbocycles. The van der Waals surface area contributed by atoms with Crippen LogP contribution in [0.25, 0.3) is 0 Å². The molecular formula is C50H54O13. The van der Waals surface area contributed by atoms with E-state index in [4.69, 9.17) is 52.1 Å². The molecule has 7 rings (SSSR count). The lowest BCUT2D eigenvalue weighted by Crippen LogP contribution is -2.64. The highest BCUT2D eigenvalue weighted by Crippen LogP contribution is 2.34. The lowest BCUT2D eigenvalue weighted by molar-refractivity contribution is -0.325. The lowest BCUT2D eigenvalue weighted by Gasteiger charge is -2.46. The van der Waals surface area contributed by atoms with Crippen LogP contribution >= 0.6 is 0 Å². The summed E-state index contributed by atoms with van der Waals surface area (Å²) in [7, 11) is 1.57. The summed E-state index contributed by atoms with van der Waals surface area (Å²) < 4.78 is 69.7. The molecule has 2 heterocycles. The predicted molar refractivity (Wildman–Crippen MR) is 229 cm³/mol. The molecule has 0 amide bonds. The molecule has 0 radical (unpaired) electrons. The molecule has 2 aliphatic rings. The van der Waals surface area contributed by atoms with E-state index in [1.54, 1.807) is 31.4 Å². The third-order valence-electron chi connectivity index (χ3n) is 10.5. The van der Waals surface area contributed by atoms with E-state index in [1.165, 1.54) is 13.8 Å². The van der Waals surface area contributed by atoms with Crippen molar-refractivity contribution < 1.29 is 61.7 Å². The summed E-state index contributed by atoms with van der Waals surface area (Å²) in [5, 5.41) is 0. The van der Waals surface area contributed by atoms with E-state index in [2.05, 4.69) is 0 Å². The fourth-order valence-corrected chi connectivity index (χ4v) is 7.41. The highest BCUT2D eigenvalue weighted by atomic mass is 16.7. The van der Waals surface area contributed by atoms with Crippen molar-refractivity contribution in [3.63, 3.8) is 0 Å². The van der Waals surface area contributed by atoms with Crippen LogP contribution in [0.3, 0.4) is 0 Å². The highest BCUT2D eigenvalue weighted by molar-refractivity contribution is 5.67. The number of hydrogen-bond acceptors (Lipinski definition) is 13. The first-order valence-corrected chi connectivity index (χ1v) is 21.0. The van der Waals surface area contributed by atoms with Crippen molar-refractivity contribution in [2.75, 3.05) is 20.3 Å². The standard InChI is InChI=1S/C50H54O13/c1-34(51)60-45-43(63-50(62-41-26-24-40(53-3)25-27-41)48(46(45)61-35(2)52)57-31-39-22-14-7-15-23-39)33-59-49-47(56-30-38-20-12-6-13-21-38)44(55-29-37-18-10-5-11-19-37)42(32-58-49)54-28-36-16-8-4-9-17-36/h4-27,42-50H,28-33H2,1-3H3/t42-,43+,44-,45-,46-,47+,48+,49-,50+/m0/s1. The number of methoxy groups -OCH3 is 1. The Hall–Kier alpha value is -5.64. The Labute approximate surface area is 368 Å². The first-order chi connectivity index (χ1) is 30.8. The molecule has 5 aromatic rings. The van der Waals surface area contributed by atoms with Crippen molar-refractivity contribution in [1.82, 2.24) is 0 Å². The molecule has 5 aromatic carbocycles. The molecule has 2 saturated heterocycles. The van der Waals surface area contributed by atoms with Gasteiger partial charge in [0.25, 0.3) is 0 Å². The zero-order chi connectivity index (χ0) is 43.8. The van der Waals surface area contributed by atoms with Crippen molar-refractivity contribution >= 4 is 11.9 Å². The Morgan fingerprint density at radius 2 is 0.921 bits per heavy atom. The fraction of sp³-hybridized carbons (Fsp3) is 0.360. The molecule has 0 bridgehead atoms. The summed E-state index contributed by atoms with van der Waals surface area (Å²) in [6.07, 6.45) is -8.74. The summed E-state index contributed by atoms with van der Waals surface area (Å²) in [5.74, 6) is -0.211. The fourth-order valence-electron chi connectivity index (χ4n) is 7.41. The van der Waals surface area contributed by atoms with E-state index in [-0.39, 0.29) is 33.0 Å². The van der Waals surface area contributed by atoms with Gasteiger partial charge in [0.1, 0.15) is 35.9 Å². The van der Waals surface area contributed by atoms with Crippen molar-refractivity contribution in [3.8, 4) is 11.5 Å². The third-order valence-corrected chi connectivity index (χ3v) is 10.5. The number of carbonyl (C=O) groups is 2. The van der Waals surface area contributed by atoms with E-state index >= 15 is 0 Å². The summed E-state index contributed by atoms with van der Waals surface area (Å²) >= 11 is 0. The van der Waals surface area contributed by atoms with Crippen molar-refractivity contribution in [2.45, 2.75) is 95.6 Å². The number of benzene rings is 5. The number of esters is 2. The predicted octanol–water partition coefficient (Wildman–Crippen LogP) is 7.38. The Bertz CT molecular complexity index is 2110. The Morgan fingerprint density at radius 1 is 0.492 bits per heavy atom. The molecule has 63 heavy (non-hydrogen) atoms. The third kappa shape index (κ3) is 13.2. The molecule has 0 aliphatic carbocycles. The number of carbonyl (C=O) groups excluding carboxylic acids is 2. The second kappa shape index (κ2) is 23.2. The van der Waals surface area contributed by atoms with Crippen LogP contribution in [0.15, 0.2) is 146 Å². The molecular weight excluding hydrogens is 809 g/mol. The smallest absolute Gasteiger partial charge is 0.303 e. The van der Waals surface area contributed by atoms with Crippen LogP contribution in [0.5, 0.6) is 11.5 Å². The van der Waals surface area contributed by atoms with E-state index in [0.717, 1.165) is 22.3 Å². The minimum Gasteiger partial charge on any atom is -0.497 e. The largest absolute Gasteiger partial charge is 0.497 e. The van der Waals surface area contributed by atoms with Gasteiger partial charge in [-0.1, -0.05) is 121 Å². The second-order valence-electron chi connectivity index (χ2n) is 15.1. The van der Waals surface area contributed by atoms with Crippen LogP contribution in [0.2, 0.25) is 0 Å². The maximum atomic E-state index is 12.8. The summed E-state index contributed by atoms with van der Waals surface area (Å²) in [4.78, 5) is 25.6. The van der Waals surface area contributed by atoms with Crippen LogP contribution in [-0.2, 0) is 78.6 Å². The van der Waals surface area contributed by atoms with Gasteiger partial charge in [-0.2, -0.15) is 0 Å². The van der Waals surface area contributed by atoms with Crippen LogP contribution in [-0.4, -0.2) is 87.6 Å². The Kier molecular flexibility index (Phi) is 16.7. The maximum absolute atomic E-state index is 12.8. The Morgan fingerprint density at radius 3 is 1.40 bits per heavy atom. The van der Waals surface area contributed by atoms with Gasteiger partial charge in [-0.05, 0) is 46.5 Å². The van der Waals surface area contributed by atoms with Crippen LogP contribution in [0.1, 0.15) is 36.1 Å². The SMILES string of the molecule is COc1ccc(O[C@@H]2O[C@H](CO[C@@H]3OC[C@H](OCc4ccccc4)[C@H](OCc4ccccc4)[C@H]3OCc3ccccc3)[C@H](OC(C)=O)[C@H](OC(C)=O)[C@H]2OCc2ccccc2)cc1. The molecule has 9 atom stereocenters. The number of ether oxygens (including phenoxy) is 11. The molecule has 0 N–H and O–H groups in total. The molecule has 0 spiro atoms. The molecule has 2 fully saturated rings. The molecule has 2 aliphatic heterocycles. The zero-order valence-electron chi connectivity index (χ0n) is 35.6. The van der Waals surface area contributed by atoms with Crippen LogP contribution < -0.4 is 9.47 Å². The molecule has 13 nitrogen and oxygen atoms in total. The molecule has 13 heteroatoms. The van der Waals surface area contributed by atoms with Gasteiger partial charge >= 0.3 is 11.9 Å². The highest BCUT2D eigenvalue weighted by Gasteiger charge is 2.53. The van der Waals surface area contributed by atoms with Gasteiger partial charge in [-0.25, -0.2) is 0 Å². The normalized spacial score (nSPS) is 24.5. The second-order valence-corrected chi connectivity index (χ2v) is 15.1. The minimum absolute atomic E-state index is 0.107. The summed E-state index contributed by atoms with van der Waals surface area (Å²) in [5.41, 5.74) is 3.74. The number of hydrogen-bond donors (Lipinski definition) is 0. The summed E-state index contributed by atoms with van der Waals surface area (Å²) in [6.45, 7) is 3.34. The molecule has 332 valence electrons. The van der Waals surface area contributed by atoms with Gasteiger partial charge < -0.3 is 52.1 Å². The average molecular weight is 863 g/mol. The number of rotatable bonds is 20. The maximum Gasteiger partial charge on any atom is 0.303 e.